The highest BCUT2D eigenvalue weighted by Crippen LogP contribution is 2.42. The Labute approximate surface area is 133 Å². The topological polar surface area (TPSA) is 37.4 Å². The lowest BCUT2D eigenvalue weighted by Crippen LogP contribution is -2.26. The predicted octanol–water partition coefficient (Wildman–Crippen LogP) is 4.20. The molecule has 5 heteroatoms. The molecule has 1 aliphatic heterocycles. The highest BCUT2D eigenvalue weighted by atomic mass is 35.5. The molecule has 3 nitrogen and oxygen atoms in total. The molecule has 0 unspecified atom stereocenters. The van der Waals surface area contributed by atoms with Gasteiger partial charge in [-0.05, 0) is 35.2 Å². The van der Waals surface area contributed by atoms with Gasteiger partial charge in [0.15, 0.2) is 0 Å². The molecular formula is C17H12ClNO2S. The Hall–Kier alpha value is -2.04. The van der Waals surface area contributed by atoms with Gasteiger partial charge in [0.05, 0.1) is 17.1 Å². The lowest BCUT2D eigenvalue weighted by atomic mass is 10.1. The molecule has 4 rings (SSSR count). The van der Waals surface area contributed by atoms with Crippen LogP contribution in [0.15, 0.2) is 65.6 Å². The quantitative estimate of drug-likeness (QED) is 0.706. The third-order valence-corrected chi connectivity index (χ3v) is 5.93. The predicted molar refractivity (Wildman–Crippen MR) is 88.8 cm³/mol. The number of anilines is 1. The first kappa shape index (κ1) is 13.6. The van der Waals surface area contributed by atoms with Gasteiger partial charge in [0.1, 0.15) is 0 Å². The second kappa shape index (κ2) is 4.73. The third-order valence-electron chi connectivity index (χ3n) is 3.90. The van der Waals surface area contributed by atoms with Crippen LogP contribution < -0.4 is 4.31 Å². The summed E-state index contributed by atoms with van der Waals surface area (Å²) in [5.74, 6) is 0. The van der Waals surface area contributed by atoms with Crippen LogP contribution in [0, 0.1) is 0 Å². The summed E-state index contributed by atoms with van der Waals surface area (Å²) in [6, 6.07) is 18.3. The maximum atomic E-state index is 12.8. The summed E-state index contributed by atoms with van der Waals surface area (Å²) >= 11 is 6.00. The van der Waals surface area contributed by atoms with Crippen molar-refractivity contribution in [3.8, 4) is 0 Å². The minimum absolute atomic E-state index is 0.274. The fourth-order valence-corrected chi connectivity index (χ4v) is 4.84. The van der Waals surface area contributed by atoms with Crippen LogP contribution in [-0.4, -0.2) is 8.42 Å². The van der Waals surface area contributed by atoms with Crippen molar-refractivity contribution in [2.45, 2.75) is 11.4 Å². The maximum absolute atomic E-state index is 12.8. The first-order valence-corrected chi connectivity index (χ1v) is 8.68. The van der Waals surface area contributed by atoms with Gasteiger partial charge >= 0.3 is 0 Å². The van der Waals surface area contributed by atoms with Crippen molar-refractivity contribution in [1.29, 1.82) is 0 Å². The van der Waals surface area contributed by atoms with Crippen LogP contribution >= 0.6 is 11.6 Å². The van der Waals surface area contributed by atoms with Gasteiger partial charge < -0.3 is 0 Å². The Kier molecular flexibility index (Phi) is 2.93. The van der Waals surface area contributed by atoms with E-state index in [4.69, 9.17) is 11.6 Å². The summed E-state index contributed by atoms with van der Waals surface area (Å²) in [7, 11) is -3.52. The molecule has 0 aromatic heterocycles. The van der Waals surface area contributed by atoms with Crippen LogP contribution in [0.3, 0.4) is 0 Å². The molecular weight excluding hydrogens is 318 g/mol. The van der Waals surface area contributed by atoms with Crippen molar-refractivity contribution in [2.24, 2.45) is 0 Å². The molecule has 3 aromatic rings. The van der Waals surface area contributed by atoms with Crippen molar-refractivity contribution in [3.05, 3.63) is 71.2 Å². The summed E-state index contributed by atoms with van der Waals surface area (Å²) in [4.78, 5) is 0.377. The average molecular weight is 330 g/mol. The molecule has 0 radical (unpaired) electrons. The molecule has 0 aliphatic carbocycles. The minimum Gasteiger partial charge on any atom is -0.261 e. The molecule has 1 heterocycles. The Morgan fingerprint density at radius 1 is 0.955 bits per heavy atom. The molecule has 110 valence electrons. The SMILES string of the molecule is O=S1(=O)c2cccc3cccc(c23)N1Cc1cccc(Cl)c1. The number of halogens is 1. The number of nitrogens with zero attached hydrogens (tertiary/aromatic N) is 1. The van der Waals surface area contributed by atoms with Crippen molar-refractivity contribution in [2.75, 3.05) is 4.31 Å². The number of hydrogen-bond donors (Lipinski definition) is 0. The third kappa shape index (κ3) is 1.91. The van der Waals surface area contributed by atoms with E-state index in [1.807, 2.05) is 36.4 Å². The van der Waals surface area contributed by atoms with Crippen LogP contribution in [0.25, 0.3) is 10.8 Å². The molecule has 22 heavy (non-hydrogen) atoms. The molecule has 1 aliphatic rings. The summed E-state index contributed by atoms with van der Waals surface area (Å²) in [5, 5.41) is 2.34. The van der Waals surface area contributed by atoms with E-state index in [2.05, 4.69) is 0 Å². The summed E-state index contributed by atoms with van der Waals surface area (Å²) in [6.45, 7) is 0.274. The normalized spacial score (nSPS) is 15.4. The number of rotatable bonds is 2. The first-order chi connectivity index (χ1) is 10.6. The van der Waals surface area contributed by atoms with E-state index in [9.17, 15) is 8.42 Å². The van der Waals surface area contributed by atoms with Gasteiger partial charge in [-0.25, -0.2) is 8.42 Å². The average Bonchev–Trinajstić information content (AvgIpc) is 2.71. The molecule has 0 N–H and O–H groups in total. The molecule has 0 atom stereocenters. The van der Waals surface area contributed by atoms with Gasteiger partial charge in [0, 0.05) is 10.4 Å². The first-order valence-electron chi connectivity index (χ1n) is 6.86. The van der Waals surface area contributed by atoms with Gasteiger partial charge in [-0.15, -0.1) is 0 Å². The fraction of sp³-hybridized carbons (Fsp3) is 0.0588. The number of sulfonamides is 1. The molecule has 3 aromatic carbocycles. The van der Waals surface area contributed by atoms with E-state index in [1.165, 1.54) is 4.31 Å². The van der Waals surface area contributed by atoms with Crippen molar-refractivity contribution in [3.63, 3.8) is 0 Å². The van der Waals surface area contributed by atoms with Gasteiger partial charge in [-0.3, -0.25) is 4.31 Å². The van der Waals surface area contributed by atoms with E-state index in [1.54, 1.807) is 24.3 Å². The Morgan fingerprint density at radius 3 is 2.45 bits per heavy atom. The van der Waals surface area contributed by atoms with Crippen molar-refractivity contribution < 1.29 is 8.42 Å². The molecule has 0 spiro atoms. The zero-order chi connectivity index (χ0) is 15.3. The van der Waals surface area contributed by atoms with E-state index < -0.39 is 10.0 Å². The Balaban J connectivity index is 1.90. The lowest BCUT2D eigenvalue weighted by molar-refractivity contribution is 0.593. The second-order valence-electron chi connectivity index (χ2n) is 5.27. The van der Waals surface area contributed by atoms with Crippen molar-refractivity contribution >= 4 is 38.1 Å². The maximum Gasteiger partial charge on any atom is 0.265 e. The molecule has 0 fully saturated rings. The van der Waals surface area contributed by atoms with Crippen LogP contribution in [0.2, 0.25) is 5.02 Å². The standard InChI is InChI=1S/C17H12ClNO2S/c18-14-7-1-4-12(10-14)11-19-15-8-2-5-13-6-3-9-16(17(13)15)22(19,20)21/h1-10H,11H2. The van der Waals surface area contributed by atoms with Crippen molar-refractivity contribution in [1.82, 2.24) is 0 Å². The monoisotopic (exact) mass is 329 g/mol. The van der Waals surface area contributed by atoms with Gasteiger partial charge in [0.25, 0.3) is 10.0 Å². The minimum atomic E-state index is -3.52. The van der Waals surface area contributed by atoms with E-state index in [0.29, 0.717) is 9.92 Å². The van der Waals surface area contributed by atoms with Crippen LogP contribution in [0.5, 0.6) is 0 Å². The molecule has 0 saturated heterocycles. The van der Waals surface area contributed by atoms with E-state index >= 15 is 0 Å². The summed E-state index contributed by atoms with van der Waals surface area (Å²) < 4.78 is 27.1. The highest BCUT2D eigenvalue weighted by Gasteiger charge is 2.35. The van der Waals surface area contributed by atoms with E-state index in [0.717, 1.165) is 22.0 Å². The number of hydrogen-bond acceptors (Lipinski definition) is 2. The molecule has 0 saturated carbocycles. The van der Waals surface area contributed by atoms with Crippen LogP contribution in [-0.2, 0) is 16.6 Å². The van der Waals surface area contributed by atoms with Crippen LogP contribution in [0.1, 0.15) is 5.56 Å². The van der Waals surface area contributed by atoms with Gasteiger partial charge in [-0.1, -0.05) is 48.0 Å². The highest BCUT2D eigenvalue weighted by molar-refractivity contribution is 7.93. The Bertz CT molecular complexity index is 993. The number of benzene rings is 3. The summed E-state index contributed by atoms with van der Waals surface area (Å²) in [6.07, 6.45) is 0. The van der Waals surface area contributed by atoms with E-state index in [-0.39, 0.29) is 6.54 Å². The Morgan fingerprint density at radius 2 is 1.68 bits per heavy atom. The largest absolute Gasteiger partial charge is 0.265 e. The van der Waals surface area contributed by atoms with Crippen LogP contribution in [0.4, 0.5) is 5.69 Å². The van der Waals surface area contributed by atoms with Gasteiger partial charge in [-0.2, -0.15) is 0 Å². The molecule has 0 bridgehead atoms. The lowest BCUT2D eigenvalue weighted by Gasteiger charge is -2.19. The second-order valence-corrected chi connectivity index (χ2v) is 7.54. The fourth-order valence-electron chi connectivity index (χ4n) is 2.93. The van der Waals surface area contributed by atoms with Gasteiger partial charge in [0.2, 0.25) is 0 Å². The smallest absolute Gasteiger partial charge is 0.261 e. The molecule has 0 amide bonds. The zero-order valence-electron chi connectivity index (χ0n) is 11.5. The zero-order valence-corrected chi connectivity index (χ0v) is 13.1. The summed E-state index contributed by atoms with van der Waals surface area (Å²) in [5.41, 5.74) is 1.59.